The van der Waals surface area contributed by atoms with E-state index in [1.54, 1.807) is 21.3 Å². The van der Waals surface area contributed by atoms with Crippen molar-refractivity contribution < 1.29 is 14.2 Å². The van der Waals surface area contributed by atoms with Crippen LogP contribution in [0.25, 0.3) is 22.2 Å². The van der Waals surface area contributed by atoms with E-state index in [1.165, 1.54) is 10.9 Å². The van der Waals surface area contributed by atoms with Crippen LogP contribution in [0.1, 0.15) is 24.0 Å². The third-order valence-corrected chi connectivity index (χ3v) is 4.98. The minimum Gasteiger partial charge on any atom is -0.497 e. The summed E-state index contributed by atoms with van der Waals surface area (Å²) >= 11 is 0. The molecule has 0 saturated carbocycles. The molecule has 2 aromatic carbocycles. The summed E-state index contributed by atoms with van der Waals surface area (Å²) in [6.07, 6.45) is 2.92. The first-order chi connectivity index (χ1) is 13.1. The third-order valence-electron chi connectivity index (χ3n) is 4.98. The van der Waals surface area contributed by atoms with Gasteiger partial charge in [0.1, 0.15) is 17.2 Å². The lowest BCUT2D eigenvalue weighted by molar-refractivity contribution is 0.397. The van der Waals surface area contributed by atoms with E-state index in [9.17, 15) is 0 Å². The number of nitrogens with one attached hydrogen (secondary N) is 1. The number of fused-ring (bicyclic) bond motifs is 1. The molecular weight excluding hydrogens is 340 g/mol. The van der Waals surface area contributed by atoms with Crippen LogP contribution in [0, 0.1) is 6.92 Å². The summed E-state index contributed by atoms with van der Waals surface area (Å²) in [7, 11) is 5.07. The molecule has 1 heterocycles. The van der Waals surface area contributed by atoms with Crippen molar-refractivity contribution in [2.24, 2.45) is 5.73 Å². The van der Waals surface area contributed by atoms with Crippen molar-refractivity contribution in [1.82, 2.24) is 4.98 Å². The molecule has 3 aromatic rings. The predicted octanol–water partition coefficient (Wildman–Crippen LogP) is 4.45. The van der Waals surface area contributed by atoms with Crippen molar-refractivity contribution in [2.45, 2.75) is 26.2 Å². The lowest BCUT2D eigenvalue weighted by Gasteiger charge is -2.14. The smallest absolute Gasteiger partial charge is 0.131 e. The van der Waals surface area contributed by atoms with Crippen LogP contribution in [-0.4, -0.2) is 32.9 Å². The van der Waals surface area contributed by atoms with Gasteiger partial charge in [0.2, 0.25) is 0 Å². The van der Waals surface area contributed by atoms with Crippen molar-refractivity contribution >= 4 is 10.9 Å². The van der Waals surface area contributed by atoms with Crippen LogP contribution < -0.4 is 19.9 Å². The van der Waals surface area contributed by atoms with Gasteiger partial charge in [0.15, 0.2) is 0 Å². The Bertz CT molecular complexity index is 909. The topological polar surface area (TPSA) is 69.5 Å². The highest BCUT2D eigenvalue weighted by Gasteiger charge is 2.21. The number of nitrogens with two attached hydrogens (primary N) is 1. The number of hydrogen-bond donors (Lipinski definition) is 2. The molecular formula is C22H28N2O3. The number of hydrogen-bond acceptors (Lipinski definition) is 4. The van der Waals surface area contributed by atoms with Gasteiger partial charge < -0.3 is 24.9 Å². The van der Waals surface area contributed by atoms with Crippen LogP contribution in [0.5, 0.6) is 17.2 Å². The van der Waals surface area contributed by atoms with E-state index in [4.69, 9.17) is 19.9 Å². The molecule has 0 amide bonds. The monoisotopic (exact) mass is 368 g/mol. The van der Waals surface area contributed by atoms with Gasteiger partial charge in [-0.05, 0) is 68.1 Å². The maximum atomic E-state index is 5.72. The second kappa shape index (κ2) is 8.35. The Morgan fingerprint density at radius 3 is 2.26 bits per heavy atom. The Morgan fingerprint density at radius 2 is 1.67 bits per heavy atom. The number of ether oxygens (including phenoxy) is 3. The summed E-state index contributed by atoms with van der Waals surface area (Å²) in [6, 6.07) is 10.0. The summed E-state index contributed by atoms with van der Waals surface area (Å²) in [5, 5.41) is 1.17. The molecule has 144 valence electrons. The van der Waals surface area contributed by atoms with Gasteiger partial charge in [0, 0.05) is 10.9 Å². The lowest BCUT2D eigenvalue weighted by Crippen LogP contribution is -2.00. The largest absolute Gasteiger partial charge is 0.497 e. The number of unbranched alkanes of at least 4 members (excludes halogenated alkanes) is 1. The SMILES string of the molecule is COc1cc(C)c2[nH]c(-c3c(OC)cccc3OC)c(CCCCN)c2c1. The summed E-state index contributed by atoms with van der Waals surface area (Å²) in [4.78, 5) is 3.63. The maximum Gasteiger partial charge on any atom is 0.131 e. The number of aryl methyl sites for hydroxylation is 2. The number of methoxy groups -OCH3 is 3. The molecule has 27 heavy (non-hydrogen) atoms. The molecule has 5 heteroatoms. The van der Waals surface area contributed by atoms with Gasteiger partial charge in [0.25, 0.3) is 0 Å². The minimum atomic E-state index is 0.692. The zero-order chi connectivity index (χ0) is 19.4. The lowest BCUT2D eigenvalue weighted by atomic mass is 9.98. The minimum absolute atomic E-state index is 0.692. The van der Waals surface area contributed by atoms with Gasteiger partial charge in [0.05, 0.1) is 32.6 Å². The standard InChI is InChI=1S/C22H28N2O3/c1-14-12-15(25-2)13-17-16(8-5-6-11-23)22(24-21(14)17)20-18(26-3)9-7-10-19(20)27-4/h7,9-10,12-13,24H,5-6,8,11,23H2,1-4H3. The molecule has 5 nitrogen and oxygen atoms in total. The summed E-state index contributed by atoms with van der Waals surface area (Å²) < 4.78 is 16.8. The Hall–Kier alpha value is -2.66. The van der Waals surface area contributed by atoms with Gasteiger partial charge in [-0.25, -0.2) is 0 Å². The van der Waals surface area contributed by atoms with Crippen LogP contribution in [0.2, 0.25) is 0 Å². The fourth-order valence-corrected chi connectivity index (χ4v) is 3.63. The Labute approximate surface area is 160 Å². The zero-order valence-electron chi connectivity index (χ0n) is 16.5. The van der Waals surface area contributed by atoms with Crippen molar-refractivity contribution in [2.75, 3.05) is 27.9 Å². The Kier molecular flexibility index (Phi) is 5.91. The molecule has 0 unspecified atom stereocenters. The van der Waals surface area contributed by atoms with E-state index in [2.05, 4.69) is 18.0 Å². The van der Waals surface area contributed by atoms with Gasteiger partial charge in [-0.2, -0.15) is 0 Å². The highest BCUT2D eigenvalue weighted by molar-refractivity contribution is 5.95. The van der Waals surface area contributed by atoms with Crippen LogP contribution in [0.15, 0.2) is 30.3 Å². The molecule has 0 spiro atoms. The van der Waals surface area contributed by atoms with Crippen molar-refractivity contribution in [3.63, 3.8) is 0 Å². The van der Waals surface area contributed by atoms with E-state index in [0.717, 1.165) is 58.8 Å². The van der Waals surface area contributed by atoms with Crippen molar-refractivity contribution in [3.05, 3.63) is 41.5 Å². The van der Waals surface area contributed by atoms with Crippen LogP contribution in [-0.2, 0) is 6.42 Å². The first-order valence-corrected chi connectivity index (χ1v) is 9.25. The molecule has 3 N–H and O–H groups in total. The second-order valence-corrected chi connectivity index (χ2v) is 6.63. The van der Waals surface area contributed by atoms with E-state index < -0.39 is 0 Å². The zero-order valence-corrected chi connectivity index (χ0v) is 16.5. The van der Waals surface area contributed by atoms with Gasteiger partial charge in [-0.1, -0.05) is 6.07 Å². The van der Waals surface area contributed by atoms with Gasteiger partial charge in [-0.3, -0.25) is 0 Å². The molecule has 0 bridgehead atoms. The molecule has 0 radical (unpaired) electrons. The third kappa shape index (κ3) is 3.60. The van der Waals surface area contributed by atoms with E-state index >= 15 is 0 Å². The average Bonchev–Trinajstić information content (AvgIpc) is 3.06. The molecule has 0 aliphatic carbocycles. The average molecular weight is 368 g/mol. The first kappa shape index (κ1) is 19.1. The summed E-state index contributed by atoms with van der Waals surface area (Å²) in [6.45, 7) is 2.78. The van der Waals surface area contributed by atoms with E-state index in [0.29, 0.717) is 6.54 Å². The second-order valence-electron chi connectivity index (χ2n) is 6.63. The molecule has 1 aromatic heterocycles. The summed E-state index contributed by atoms with van der Waals surface area (Å²) in [5.74, 6) is 2.42. The normalized spacial score (nSPS) is 11.0. The maximum absolute atomic E-state index is 5.72. The van der Waals surface area contributed by atoms with Gasteiger partial charge >= 0.3 is 0 Å². The van der Waals surface area contributed by atoms with Crippen molar-refractivity contribution in [3.8, 4) is 28.5 Å². The number of benzene rings is 2. The Balaban J connectivity index is 2.29. The first-order valence-electron chi connectivity index (χ1n) is 9.25. The van der Waals surface area contributed by atoms with E-state index in [-0.39, 0.29) is 0 Å². The predicted molar refractivity (Wildman–Crippen MR) is 110 cm³/mol. The molecule has 0 aliphatic rings. The number of H-pyrrole nitrogens is 1. The molecule has 0 aliphatic heterocycles. The molecule has 3 rings (SSSR count). The van der Waals surface area contributed by atoms with Gasteiger partial charge in [-0.15, -0.1) is 0 Å². The highest BCUT2D eigenvalue weighted by Crippen LogP contribution is 2.43. The molecule has 0 fully saturated rings. The molecule has 0 saturated heterocycles. The van der Waals surface area contributed by atoms with Crippen LogP contribution >= 0.6 is 0 Å². The Morgan fingerprint density at radius 1 is 0.963 bits per heavy atom. The van der Waals surface area contributed by atoms with Crippen LogP contribution in [0.3, 0.4) is 0 Å². The summed E-state index contributed by atoms with van der Waals surface area (Å²) in [5.41, 5.74) is 11.2. The fraction of sp³-hybridized carbons (Fsp3) is 0.364. The number of rotatable bonds is 8. The number of aromatic nitrogens is 1. The van der Waals surface area contributed by atoms with Crippen molar-refractivity contribution in [1.29, 1.82) is 0 Å². The van der Waals surface area contributed by atoms with E-state index in [1.807, 2.05) is 24.3 Å². The molecule has 0 atom stereocenters. The number of aromatic amines is 1. The highest BCUT2D eigenvalue weighted by atomic mass is 16.5. The quantitative estimate of drug-likeness (QED) is 0.576. The van der Waals surface area contributed by atoms with Crippen LogP contribution in [0.4, 0.5) is 0 Å². The fourth-order valence-electron chi connectivity index (χ4n) is 3.63.